The molecule has 3 rings (SSSR count). The number of aryl methyl sites for hydroxylation is 1. The van der Waals surface area contributed by atoms with Gasteiger partial charge in [0.15, 0.2) is 0 Å². The lowest BCUT2D eigenvalue weighted by molar-refractivity contribution is -0.137. The van der Waals surface area contributed by atoms with Crippen molar-refractivity contribution in [2.45, 2.75) is 51.9 Å². The molecule has 0 unspecified atom stereocenters. The Kier molecular flexibility index (Phi) is 6.17. The first-order chi connectivity index (χ1) is 14.9. The maximum absolute atomic E-state index is 13.3. The number of hydrogen-bond donors (Lipinski definition) is 2. The zero-order valence-electron chi connectivity index (χ0n) is 17.9. The van der Waals surface area contributed by atoms with Gasteiger partial charge in [0, 0.05) is 23.3 Å². The fraction of sp³-hybridized carbons (Fsp3) is 0.348. The third-order valence-electron chi connectivity index (χ3n) is 4.92. The van der Waals surface area contributed by atoms with E-state index in [0.717, 1.165) is 11.6 Å². The van der Waals surface area contributed by atoms with Crippen molar-refractivity contribution in [1.29, 1.82) is 5.26 Å². The Bertz CT molecular complexity index is 1100. The second kappa shape index (κ2) is 8.54. The van der Waals surface area contributed by atoms with Gasteiger partial charge in [0.1, 0.15) is 6.07 Å². The third-order valence-corrected chi connectivity index (χ3v) is 4.92. The number of carbonyl (C=O) groups is 2. The van der Waals surface area contributed by atoms with Crippen LogP contribution in [0.5, 0.6) is 0 Å². The van der Waals surface area contributed by atoms with Crippen LogP contribution in [0.15, 0.2) is 36.4 Å². The number of urea groups is 1. The molecule has 2 N–H and O–H groups in total. The van der Waals surface area contributed by atoms with Gasteiger partial charge < -0.3 is 15.5 Å². The molecule has 6 nitrogen and oxygen atoms in total. The van der Waals surface area contributed by atoms with Crippen molar-refractivity contribution >= 4 is 23.3 Å². The summed E-state index contributed by atoms with van der Waals surface area (Å²) >= 11 is 0. The monoisotopic (exact) mass is 444 g/mol. The van der Waals surface area contributed by atoms with E-state index in [1.54, 1.807) is 24.3 Å². The molecular formula is C23H23F3N4O2. The van der Waals surface area contributed by atoms with Gasteiger partial charge in [-0.2, -0.15) is 18.4 Å². The van der Waals surface area contributed by atoms with E-state index in [9.17, 15) is 28.0 Å². The van der Waals surface area contributed by atoms with Crippen LogP contribution in [0, 0.1) is 11.3 Å². The van der Waals surface area contributed by atoms with Crippen LogP contribution in [0.1, 0.15) is 49.4 Å². The summed E-state index contributed by atoms with van der Waals surface area (Å²) in [6.45, 7) is 5.40. The van der Waals surface area contributed by atoms with Gasteiger partial charge in [-0.3, -0.25) is 4.79 Å². The standard InChI is InChI=1S/C23H23F3N4O2/c1-22(2,3)29-21(32)28-16-8-9-19-14(11-16)7-10-20(31)30(19)13-15-5-4-6-18(17(15)12-27)23(24,25)26/h4-6,8-9,11H,7,10,13H2,1-3H3,(H2,28,29,32). The van der Waals surface area contributed by atoms with Gasteiger partial charge in [-0.15, -0.1) is 0 Å². The van der Waals surface area contributed by atoms with E-state index in [1.807, 2.05) is 20.8 Å². The quantitative estimate of drug-likeness (QED) is 0.701. The van der Waals surface area contributed by atoms with Gasteiger partial charge in [0.25, 0.3) is 0 Å². The molecule has 168 valence electrons. The molecule has 3 amide bonds. The number of halogens is 3. The number of nitrogens with zero attached hydrogens (tertiary/aromatic N) is 2. The van der Waals surface area contributed by atoms with E-state index < -0.39 is 22.8 Å². The summed E-state index contributed by atoms with van der Waals surface area (Å²) in [5.41, 5.74) is 0.0637. The Morgan fingerprint density at radius 3 is 2.50 bits per heavy atom. The number of rotatable bonds is 3. The normalized spacial score (nSPS) is 13.9. The fourth-order valence-electron chi connectivity index (χ4n) is 3.58. The predicted molar refractivity (Wildman–Crippen MR) is 114 cm³/mol. The van der Waals surface area contributed by atoms with E-state index in [4.69, 9.17) is 0 Å². The van der Waals surface area contributed by atoms with Gasteiger partial charge in [-0.05, 0) is 62.6 Å². The topological polar surface area (TPSA) is 85.2 Å². The fourth-order valence-corrected chi connectivity index (χ4v) is 3.58. The van der Waals surface area contributed by atoms with Crippen molar-refractivity contribution in [3.05, 3.63) is 58.7 Å². The summed E-state index contributed by atoms with van der Waals surface area (Å²) in [4.78, 5) is 26.1. The van der Waals surface area contributed by atoms with Crippen LogP contribution < -0.4 is 15.5 Å². The molecule has 0 aromatic heterocycles. The zero-order chi connectivity index (χ0) is 23.7. The molecule has 0 fully saturated rings. The minimum atomic E-state index is -4.67. The van der Waals surface area contributed by atoms with E-state index in [0.29, 0.717) is 17.8 Å². The van der Waals surface area contributed by atoms with Crippen molar-refractivity contribution in [2.75, 3.05) is 10.2 Å². The largest absolute Gasteiger partial charge is 0.417 e. The average Bonchev–Trinajstić information content (AvgIpc) is 2.67. The lowest BCUT2D eigenvalue weighted by Crippen LogP contribution is -2.43. The van der Waals surface area contributed by atoms with Crippen LogP contribution in [0.2, 0.25) is 0 Å². The van der Waals surface area contributed by atoms with E-state index in [-0.39, 0.29) is 30.5 Å². The predicted octanol–water partition coefficient (Wildman–Crippen LogP) is 4.98. The Balaban J connectivity index is 1.90. The average molecular weight is 444 g/mol. The van der Waals surface area contributed by atoms with Gasteiger partial charge in [-0.25, -0.2) is 4.79 Å². The molecule has 0 saturated carbocycles. The summed E-state index contributed by atoms with van der Waals surface area (Å²) in [5, 5.41) is 14.9. The maximum atomic E-state index is 13.3. The molecule has 2 aromatic rings. The number of carbonyl (C=O) groups excluding carboxylic acids is 2. The molecule has 0 saturated heterocycles. The first-order valence-electron chi connectivity index (χ1n) is 10.0. The Morgan fingerprint density at radius 1 is 1.16 bits per heavy atom. The van der Waals surface area contributed by atoms with Crippen LogP contribution in [0.4, 0.5) is 29.3 Å². The summed E-state index contributed by atoms with van der Waals surface area (Å²) in [7, 11) is 0. The molecular weight excluding hydrogens is 421 g/mol. The van der Waals surface area contributed by atoms with Crippen molar-refractivity contribution in [3.63, 3.8) is 0 Å². The highest BCUT2D eigenvalue weighted by Crippen LogP contribution is 2.35. The third kappa shape index (κ3) is 5.19. The van der Waals surface area contributed by atoms with E-state index in [1.165, 1.54) is 17.0 Å². The highest BCUT2D eigenvalue weighted by molar-refractivity contribution is 5.97. The highest BCUT2D eigenvalue weighted by Gasteiger charge is 2.35. The Labute approximate surface area is 184 Å². The van der Waals surface area contributed by atoms with Crippen LogP contribution in [-0.2, 0) is 23.9 Å². The summed E-state index contributed by atoms with van der Waals surface area (Å²) in [6.07, 6.45) is -4.06. The smallest absolute Gasteiger partial charge is 0.333 e. The van der Waals surface area contributed by atoms with Crippen molar-refractivity contribution in [2.24, 2.45) is 0 Å². The molecule has 1 aliphatic heterocycles. The number of nitriles is 1. The molecule has 0 atom stereocenters. The molecule has 0 bridgehead atoms. The van der Waals surface area contributed by atoms with Crippen molar-refractivity contribution in [1.82, 2.24) is 5.32 Å². The van der Waals surface area contributed by atoms with Crippen LogP contribution in [0.3, 0.4) is 0 Å². The van der Waals surface area contributed by atoms with Gasteiger partial charge >= 0.3 is 12.2 Å². The lowest BCUT2D eigenvalue weighted by Gasteiger charge is -2.30. The molecule has 32 heavy (non-hydrogen) atoms. The maximum Gasteiger partial charge on any atom is 0.417 e. The number of hydrogen-bond acceptors (Lipinski definition) is 3. The molecule has 0 radical (unpaired) electrons. The molecule has 1 aliphatic rings. The van der Waals surface area contributed by atoms with Crippen LogP contribution in [-0.4, -0.2) is 17.5 Å². The summed E-state index contributed by atoms with van der Waals surface area (Å²) in [6, 6.07) is 9.80. The molecule has 1 heterocycles. The van der Waals surface area contributed by atoms with Crippen molar-refractivity contribution < 1.29 is 22.8 Å². The minimum absolute atomic E-state index is 0.121. The Morgan fingerprint density at radius 2 is 1.88 bits per heavy atom. The first-order valence-corrected chi connectivity index (χ1v) is 10.0. The number of fused-ring (bicyclic) bond motifs is 1. The zero-order valence-corrected chi connectivity index (χ0v) is 17.9. The number of alkyl halides is 3. The van der Waals surface area contributed by atoms with E-state index >= 15 is 0 Å². The number of amides is 3. The van der Waals surface area contributed by atoms with E-state index in [2.05, 4.69) is 10.6 Å². The van der Waals surface area contributed by atoms with Gasteiger partial charge in [0.05, 0.1) is 17.7 Å². The Hall–Kier alpha value is -3.54. The second-order valence-corrected chi connectivity index (χ2v) is 8.60. The van der Waals surface area contributed by atoms with Crippen LogP contribution >= 0.6 is 0 Å². The van der Waals surface area contributed by atoms with Gasteiger partial charge in [0.2, 0.25) is 5.91 Å². The second-order valence-electron chi connectivity index (χ2n) is 8.60. The first kappa shape index (κ1) is 23.1. The number of nitrogens with one attached hydrogen (secondary N) is 2. The lowest BCUT2D eigenvalue weighted by atomic mass is 9.97. The van der Waals surface area contributed by atoms with Gasteiger partial charge in [-0.1, -0.05) is 12.1 Å². The summed E-state index contributed by atoms with van der Waals surface area (Å²) in [5.74, 6) is -0.245. The highest BCUT2D eigenvalue weighted by atomic mass is 19.4. The summed E-state index contributed by atoms with van der Waals surface area (Å²) < 4.78 is 39.9. The van der Waals surface area contributed by atoms with Crippen LogP contribution in [0.25, 0.3) is 0 Å². The number of anilines is 2. The number of benzene rings is 2. The van der Waals surface area contributed by atoms with Crippen molar-refractivity contribution in [3.8, 4) is 6.07 Å². The minimum Gasteiger partial charge on any atom is -0.333 e. The molecule has 2 aromatic carbocycles. The molecule has 0 spiro atoms. The SMILES string of the molecule is CC(C)(C)NC(=O)Nc1ccc2c(c1)CCC(=O)N2Cc1cccc(C(F)(F)F)c1C#N. The molecule has 9 heteroatoms. The molecule has 0 aliphatic carbocycles.